The lowest BCUT2D eigenvalue weighted by Gasteiger charge is -2.35. The van der Waals surface area contributed by atoms with E-state index in [1.165, 1.54) is 24.0 Å². The second-order valence-electron chi connectivity index (χ2n) is 8.95. The largest absolute Gasteiger partial charge is 0.464 e. The van der Waals surface area contributed by atoms with Gasteiger partial charge in [0.05, 0.1) is 12.7 Å². The fourth-order valence-corrected chi connectivity index (χ4v) is 5.31. The average Bonchev–Trinajstić information content (AvgIpc) is 3.39. The van der Waals surface area contributed by atoms with Gasteiger partial charge in [-0.3, -0.25) is 9.59 Å². The Morgan fingerprint density at radius 3 is 2.38 bits per heavy atom. The molecule has 5 nitrogen and oxygen atoms in total. The van der Waals surface area contributed by atoms with E-state index in [-0.39, 0.29) is 11.8 Å². The molecule has 29 heavy (non-hydrogen) atoms. The molecule has 0 atom stereocenters. The van der Waals surface area contributed by atoms with Gasteiger partial charge in [-0.2, -0.15) is 0 Å². The summed E-state index contributed by atoms with van der Waals surface area (Å²) >= 11 is 0. The first-order valence-electron chi connectivity index (χ1n) is 11.3. The number of carbonyl (C=O) groups excluding carboxylic acids is 2. The number of carbonyl (C=O) groups is 2. The van der Waals surface area contributed by atoms with Crippen molar-refractivity contribution in [3.8, 4) is 0 Å². The van der Waals surface area contributed by atoms with E-state index < -0.39 is 0 Å². The summed E-state index contributed by atoms with van der Waals surface area (Å²) in [6.07, 6.45) is 10.7. The zero-order chi connectivity index (χ0) is 19.8. The third-order valence-corrected chi connectivity index (χ3v) is 7.07. The Kier molecular flexibility index (Phi) is 5.06. The van der Waals surface area contributed by atoms with Crippen LogP contribution >= 0.6 is 0 Å². The van der Waals surface area contributed by atoms with Crippen molar-refractivity contribution >= 4 is 22.8 Å². The molecule has 3 heterocycles. The summed E-state index contributed by atoms with van der Waals surface area (Å²) < 4.78 is 5.76. The Balaban J connectivity index is 1.20. The number of fused-ring (bicyclic) bond motifs is 2. The second kappa shape index (κ2) is 7.85. The molecule has 0 radical (unpaired) electrons. The molecule has 1 aromatic carbocycles. The zero-order valence-corrected chi connectivity index (χ0v) is 17.1. The molecule has 5 rings (SSSR count). The maximum Gasteiger partial charge on any atom is 0.227 e. The molecule has 3 aliphatic rings. The van der Waals surface area contributed by atoms with Crippen LogP contribution in [0.15, 0.2) is 22.8 Å². The third kappa shape index (κ3) is 3.67. The minimum absolute atomic E-state index is 0.0921. The molecule has 0 unspecified atom stereocenters. The number of furan rings is 1. The number of amides is 2. The number of rotatable bonds is 3. The molecular formula is C24H30N2O3. The number of hydrogen-bond donors (Lipinski definition) is 0. The Bertz CT molecular complexity index is 918. The number of aryl methyl sites for hydroxylation is 2. The van der Waals surface area contributed by atoms with E-state index in [9.17, 15) is 9.59 Å². The first-order chi connectivity index (χ1) is 14.2. The van der Waals surface area contributed by atoms with Gasteiger partial charge in [-0.15, -0.1) is 0 Å². The van der Waals surface area contributed by atoms with E-state index in [0.29, 0.717) is 25.4 Å². The maximum atomic E-state index is 12.9. The van der Waals surface area contributed by atoms with Crippen LogP contribution in [0.5, 0.6) is 0 Å². The van der Waals surface area contributed by atoms with Gasteiger partial charge < -0.3 is 14.2 Å². The van der Waals surface area contributed by atoms with Gasteiger partial charge in [0.15, 0.2) is 0 Å². The lowest BCUT2D eigenvalue weighted by Crippen LogP contribution is -2.46. The first-order valence-corrected chi connectivity index (χ1v) is 11.3. The summed E-state index contributed by atoms with van der Waals surface area (Å²) in [5.41, 5.74) is 4.69. The van der Waals surface area contributed by atoms with Gasteiger partial charge >= 0.3 is 0 Å². The number of hydrogen-bond acceptors (Lipinski definition) is 3. The summed E-state index contributed by atoms with van der Waals surface area (Å²) in [7, 11) is 0. The summed E-state index contributed by atoms with van der Waals surface area (Å²) in [5, 5.41) is 1.09. The Hall–Kier alpha value is -2.30. The molecule has 2 aliphatic heterocycles. The van der Waals surface area contributed by atoms with E-state index in [0.717, 1.165) is 68.1 Å². The monoisotopic (exact) mass is 394 g/mol. The third-order valence-electron chi connectivity index (χ3n) is 7.07. The summed E-state index contributed by atoms with van der Waals surface area (Å²) in [4.78, 5) is 29.6. The number of likely N-dealkylation sites (tertiary alicyclic amines) is 2. The minimum Gasteiger partial charge on any atom is -0.464 e. The second-order valence-corrected chi connectivity index (χ2v) is 8.95. The zero-order valence-electron chi connectivity index (χ0n) is 17.1. The molecule has 0 bridgehead atoms. The van der Waals surface area contributed by atoms with E-state index in [4.69, 9.17) is 4.42 Å². The predicted molar refractivity (Wildman–Crippen MR) is 112 cm³/mol. The van der Waals surface area contributed by atoms with E-state index >= 15 is 0 Å². The lowest BCUT2D eigenvalue weighted by atomic mass is 9.94. The van der Waals surface area contributed by atoms with Crippen LogP contribution in [0.4, 0.5) is 0 Å². The van der Waals surface area contributed by atoms with Crippen LogP contribution < -0.4 is 0 Å². The highest BCUT2D eigenvalue weighted by molar-refractivity contribution is 5.89. The van der Waals surface area contributed by atoms with Crippen molar-refractivity contribution in [3.05, 3.63) is 35.1 Å². The van der Waals surface area contributed by atoms with Crippen molar-refractivity contribution in [3.63, 3.8) is 0 Å². The van der Waals surface area contributed by atoms with Gasteiger partial charge in [-0.05, 0) is 74.6 Å². The highest BCUT2D eigenvalue weighted by Gasteiger charge is 2.31. The van der Waals surface area contributed by atoms with E-state index in [1.54, 1.807) is 6.26 Å². The normalized spacial score (nSPS) is 20.3. The summed E-state index contributed by atoms with van der Waals surface area (Å²) in [6.45, 7) is 3.20. The Morgan fingerprint density at radius 2 is 1.62 bits per heavy atom. The van der Waals surface area contributed by atoms with Gasteiger partial charge in [0.1, 0.15) is 5.58 Å². The van der Waals surface area contributed by atoms with Crippen LogP contribution in [0.25, 0.3) is 11.0 Å². The van der Waals surface area contributed by atoms with Crippen LogP contribution in [0, 0.1) is 5.92 Å². The lowest BCUT2D eigenvalue weighted by molar-refractivity contribution is -0.141. The Labute approximate surface area is 172 Å². The van der Waals surface area contributed by atoms with Gasteiger partial charge in [0, 0.05) is 43.0 Å². The topological polar surface area (TPSA) is 53.8 Å². The van der Waals surface area contributed by atoms with E-state index in [1.807, 2.05) is 9.80 Å². The number of nitrogens with zero attached hydrogens (tertiary/aromatic N) is 2. The average molecular weight is 395 g/mol. The van der Waals surface area contributed by atoms with Gasteiger partial charge in [-0.25, -0.2) is 0 Å². The van der Waals surface area contributed by atoms with Crippen LogP contribution in [0.1, 0.15) is 55.2 Å². The molecule has 154 valence electrons. The Morgan fingerprint density at radius 1 is 0.897 bits per heavy atom. The number of piperidine rings is 2. The van der Waals surface area contributed by atoms with Crippen molar-refractivity contribution in [1.29, 1.82) is 0 Å². The van der Waals surface area contributed by atoms with Crippen molar-refractivity contribution < 1.29 is 14.0 Å². The molecule has 0 spiro atoms. The molecule has 5 heteroatoms. The van der Waals surface area contributed by atoms with Crippen molar-refractivity contribution in [1.82, 2.24) is 9.80 Å². The molecule has 2 saturated heterocycles. The molecule has 0 N–H and O–H groups in total. The summed E-state index contributed by atoms with van der Waals surface area (Å²) in [6, 6.07) is 4.39. The number of benzene rings is 1. The van der Waals surface area contributed by atoms with Crippen molar-refractivity contribution in [2.75, 3.05) is 26.2 Å². The smallest absolute Gasteiger partial charge is 0.227 e. The van der Waals surface area contributed by atoms with Crippen LogP contribution in [-0.4, -0.2) is 47.8 Å². The fourth-order valence-electron chi connectivity index (χ4n) is 5.31. The molecule has 2 fully saturated rings. The van der Waals surface area contributed by atoms with Crippen molar-refractivity contribution in [2.24, 2.45) is 5.92 Å². The first kappa shape index (κ1) is 18.7. The molecule has 2 aromatic rings. The standard InChI is InChI=1S/C24H30N2O3/c27-23(15-20-16-29-22-14-19-6-4-5-18(19)13-21(20)22)25-11-7-17(8-12-25)24(28)26-9-2-1-3-10-26/h13-14,16-17H,1-12,15H2. The quantitative estimate of drug-likeness (QED) is 0.797. The highest BCUT2D eigenvalue weighted by Crippen LogP contribution is 2.31. The van der Waals surface area contributed by atoms with Crippen LogP contribution in [0.2, 0.25) is 0 Å². The molecule has 2 amide bonds. The minimum atomic E-state index is 0.0921. The highest BCUT2D eigenvalue weighted by atomic mass is 16.3. The molecule has 1 aromatic heterocycles. The van der Waals surface area contributed by atoms with Crippen LogP contribution in [-0.2, 0) is 28.9 Å². The fraction of sp³-hybridized carbons (Fsp3) is 0.583. The molecular weight excluding hydrogens is 364 g/mol. The van der Waals surface area contributed by atoms with Crippen molar-refractivity contribution in [2.45, 2.75) is 57.8 Å². The van der Waals surface area contributed by atoms with Gasteiger partial charge in [0.25, 0.3) is 0 Å². The molecule has 1 aliphatic carbocycles. The van der Waals surface area contributed by atoms with E-state index in [2.05, 4.69) is 12.1 Å². The van der Waals surface area contributed by atoms with Gasteiger partial charge in [0.2, 0.25) is 11.8 Å². The van der Waals surface area contributed by atoms with Crippen LogP contribution in [0.3, 0.4) is 0 Å². The SMILES string of the molecule is O=C(Cc1coc2cc3c(cc12)CCC3)N1CCC(C(=O)N2CCCCC2)CC1. The van der Waals surface area contributed by atoms with Gasteiger partial charge in [-0.1, -0.05) is 0 Å². The molecule has 0 saturated carbocycles. The summed E-state index contributed by atoms with van der Waals surface area (Å²) in [5.74, 6) is 0.554. The predicted octanol–water partition coefficient (Wildman–Crippen LogP) is 3.72. The maximum absolute atomic E-state index is 12.9.